The smallest absolute Gasteiger partial charge is 0.223 e. The van der Waals surface area contributed by atoms with Gasteiger partial charge in [-0.15, -0.1) is 12.4 Å². The van der Waals surface area contributed by atoms with Gasteiger partial charge in [0, 0.05) is 19.2 Å². The van der Waals surface area contributed by atoms with Crippen molar-refractivity contribution in [3.05, 3.63) is 23.8 Å². The predicted octanol–water partition coefficient (Wildman–Crippen LogP) is 1.67. The molecule has 0 radical (unpaired) electrons. The molecule has 0 fully saturated rings. The summed E-state index contributed by atoms with van der Waals surface area (Å²) in [5.41, 5.74) is 6.37. The molecule has 6 nitrogen and oxygen atoms in total. The molecule has 0 aromatic heterocycles. The summed E-state index contributed by atoms with van der Waals surface area (Å²) < 4.78 is 15.6. The van der Waals surface area contributed by atoms with E-state index in [1.165, 1.54) is 0 Å². The zero-order chi connectivity index (χ0) is 15.8. The zero-order valence-electron chi connectivity index (χ0n) is 13.4. The molecule has 0 aliphatic rings. The maximum atomic E-state index is 12.0. The highest BCUT2D eigenvalue weighted by Gasteiger charge is 2.17. The lowest BCUT2D eigenvalue weighted by Gasteiger charge is -2.19. The van der Waals surface area contributed by atoms with Gasteiger partial charge in [0.2, 0.25) is 5.91 Å². The normalized spacial score (nSPS) is 12.8. The lowest BCUT2D eigenvalue weighted by Crippen LogP contribution is -2.33. The van der Waals surface area contributed by atoms with Crippen LogP contribution >= 0.6 is 12.4 Å². The largest absolute Gasteiger partial charge is 0.497 e. The summed E-state index contributed by atoms with van der Waals surface area (Å²) in [6.45, 7) is 2.19. The Morgan fingerprint density at radius 1 is 1.27 bits per heavy atom. The summed E-state index contributed by atoms with van der Waals surface area (Å²) in [6.07, 6.45) is -0.0479. The van der Waals surface area contributed by atoms with Crippen LogP contribution < -0.4 is 20.5 Å². The molecule has 22 heavy (non-hydrogen) atoms. The van der Waals surface area contributed by atoms with Crippen LogP contribution in [0.5, 0.6) is 11.5 Å². The first-order valence-corrected chi connectivity index (χ1v) is 6.79. The second kappa shape index (κ2) is 10.3. The van der Waals surface area contributed by atoms with Crippen LogP contribution in [0, 0.1) is 0 Å². The maximum absolute atomic E-state index is 12.0. The Balaban J connectivity index is 0.00000441. The molecular formula is C15H25ClN2O4. The van der Waals surface area contributed by atoms with Crippen molar-refractivity contribution in [3.8, 4) is 11.5 Å². The highest BCUT2D eigenvalue weighted by molar-refractivity contribution is 5.85. The van der Waals surface area contributed by atoms with Crippen LogP contribution in [-0.4, -0.2) is 39.9 Å². The SMILES string of the molecule is COc1ccc(OC)c(C(C)NC(=O)CC(CN)OC)c1.Cl. The first kappa shape index (κ1) is 20.5. The molecule has 7 heteroatoms. The number of nitrogens with one attached hydrogen (secondary N) is 1. The van der Waals surface area contributed by atoms with Gasteiger partial charge in [0.05, 0.1) is 32.8 Å². The number of nitrogens with two attached hydrogens (primary N) is 1. The number of hydrogen-bond donors (Lipinski definition) is 2. The average Bonchev–Trinajstić information content (AvgIpc) is 2.51. The van der Waals surface area contributed by atoms with E-state index in [0.29, 0.717) is 18.0 Å². The summed E-state index contributed by atoms with van der Waals surface area (Å²) in [4.78, 5) is 12.0. The molecule has 0 heterocycles. The Bertz CT molecular complexity index is 467. The van der Waals surface area contributed by atoms with Gasteiger partial charge in [-0.2, -0.15) is 0 Å². The minimum Gasteiger partial charge on any atom is -0.497 e. The minimum absolute atomic E-state index is 0. The van der Waals surface area contributed by atoms with Crippen LogP contribution in [0.4, 0.5) is 0 Å². The molecule has 0 aliphatic heterocycles. The van der Waals surface area contributed by atoms with Crippen molar-refractivity contribution in [2.45, 2.75) is 25.5 Å². The molecule has 2 unspecified atom stereocenters. The van der Waals surface area contributed by atoms with Crippen LogP contribution in [0.25, 0.3) is 0 Å². The Labute approximate surface area is 137 Å². The lowest BCUT2D eigenvalue weighted by atomic mass is 10.1. The Kier molecular flexibility index (Phi) is 9.56. The fourth-order valence-corrected chi connectivity index (χ4v) is 2.03. The van der Waals surface area contributed by atoms with Gasteiger partial charge in [-0.1, -0.05) is 0 Å². The van der Waals surface area contributed by atoms with Gasteiger partial charge in [-0.3, -0.25) is 4.79 Å². The van der Waals surface area contributed by atoms with E-state index in [2.05, 4.69) is 5.32 Å². The van der Waals surface area contributed by atoms with E-state index in [0.717, 1.165) is 5.56 Å². The van der Waals surface area contributed by atoms with E-state index in [9.17, 15) is 4.79 Å². The molecule has 0 saturated heterocycles. The van der Waals surface area contributed by atoms with Crippen LogP contribution in [0.1, 0.15) is 24.9 Å². The van der Waals surface area contributed by atoms with Crippen molar-refractivity contribution in [1.82, 2.24) is 5.32 Å². The van der Waals surface area contributed by atoms with E-state index in [-0.39, 0.29) is 36.9 Å². The third kappa shape index (κ3) is 5.71. The average molecular weight is 333 g/mol. The molecule has 0 saturated carbocycles. The lowest BCUT2D eigenvalue weighted by molar-refractivity contribution is -0.124. The summed E-state index contributed by atoms with van der Waals surface area (Å²) >= 11 is 0. The molecule has 0 bridgehead atoms. The van der Waals surface area contributed by atoms with Crippen molar-refractivity contribution in [2.24, 2.45) is 5.73 Å². The number of hydrogen-bond acceptors (Lipinski definition) is 5. The molecule has 1 rings (SSSR count). The molecule has 2 atom stereocenters. The molecule has 1 aromatic carbocycles. The van der Waals surface area contributed by atoms with Gasteiger partial charge in [-0.05, 0) is 25.1 Å². The van der Waals surface area contributed by atoms with E-state index in [4.69, 9.17) is 19.9 Å². The number of rotatable bonds is 8. The van der Waals surface area contributed by atoms with Crippen molar-refractivity contribution in [3.63, 3.8) is 0 Å². The Morgan fingerprint density at radius 2 is 1.95 bits per heavy atom. The quantitative estimate of drug-likeness (QED) is 0.756. The molecule has 126 valence electrons. The standard InChI is InChI=1S/C15H24N2O4.ClH/c1-10(17-15(18)8-12(9-16)20-3)13-7-11(19-2)5-6-14(13)21-4;/h5-7,10,12H,8-9,16H2,1-4H3,(H,17,18);1H. The third-order valence-electron chi connectivity index (χ3n) is 3.29. The topological polar surface area (TPSA) is 82.8 Å². The number of amides is 1. The second-order valence-electron chi connectivity index (χ2n) is 4.69. The van der Waals surface area contributed by atoms with Gasteiger partial charge in [0.15, 0.2) is 0 Å². The maximum Gasteiger partial charge on any atom is 0.223 e. The van der Waals surface area contributed by atoms with Gasteiger partial charge in [-0.25, -0.2) is 0 Å². The van der Waals surface area contributed by atoms with Gasteiger partial charge >= 0.3 is 0 Å². The van der Waals surface area contributed by atoms with E-state index in [1.807, 2.05) is 25.1 Å². The van der Waals surface area contributed by atoms with Gasteiger partial charge < -0.3 is 25.3 Å². The molecular weight excluding hydrogens is 308 g/mol. The second-order valence-corrected chi connectivity index (χ2v) is 4.69. The molecule has 1 amide bonds. The Morgan fingerprint density at radius 3 is 2.45 bits per heavy atom. The minimum atomic E-state index is -0.274. The fraction of sp³-hybridized carbons (Fsp3) is 0.533. The number of halogens is 1. The van der Waals surface area contributed by atoms with E-state index < -0.39 is 0 Å². The number of carbonyl (C=O) groups is 1. The summed E-state index contributed by atoms with van der Waals surface area (Å²) in [6, 6.07) is 5.26. The van der Waals surface area contributed by atoms with Crippen LogP contribution in [0.15, 0.2) is 18.2 Å². The van der Waals surface area contributed by atoms with Crippen LogP contribution in [-0.2, 0) is 9.53 Å². The number of ether oxygens (including phenoxy) is 3. The fourth-order valence-electron chi connectivity index (χ4n) is 2.03. The van der Waals surface area contributed by atoms with Gasteiger partial charge in [0.1, 0.15) is 11.5 Å². The van der Waals surface area contributed by atoms with Gasteiger partial charge in [0.25, 0.3) is 0 Å². The van der Waals surface area contributed by atoms with Crippen LogP contribution in [0.2, 0.25) is 0 Å². The highest BCUT2D eigenvalue weighted by atomic mass is 35.5. The number of methoxy groups -OCH3 is 3. The first-order chi connectivity index (χ1) is 10.0. The van der Waals surface area contributed by atoms with Crippen molar-refractivity contribution >= 4 is 18.3 Å². The van der Waals surface area contributed by atoms with Crippen molar-refractivity contribution in [1.29, 1.82) is 0 Å². The van der Waals surface area contributed by atoms with Crippen LogP contribution in [0.3, 0.4) is 0 Å². The monoisotopic (exact) mass is 332 g/mol. The summed E-state index contributed by atoms with van der Waals surface area (Å²) in [5, 5.41) is 2.91. The number of carbonyl (C=O) groups excluding carboxylic acids is 1. The highest BCUT2D eigenvalue weighted by Crippen LogP contribution is 2.29. The molecule has 0 spiro atoms. The Hall–Kier alpha value is -1.50. The first-order valence-electron chi connectivity index (χ1n) is 6.79. The van der Waals surface area contributed by atoms with Crippen molar-refractivity contribution in [2.75, 3.05) is 27.9 Å². The predicted molar refractivity (Wildman–Crippen MR) is 87.8 cm³/mol. The molecule has 1 aromatic rings. The molecule has 0 aliphatic carbocycles. The summed E-state index contributed by atoms with van der Waals surface area (Å²) in [7, 11) is 4.73. The number of benzene rings is 1. The third-order valence-corrected chi connectivity index (χ3v) is 3.29. The summed E-state index contributed by atoms with van der Waals surface area (Å²) in [5.74, 6) is 1.29. The zero-order valence-corrected chi connectivity index (χ0v) is 14.2. The van der Waals surface area contributed by atoms with E-state index >= 15 is 0 Å². The van der Waals surface area contributed by atoms with E-state index in [1.54, 1.807) is 21.3 Å². The van der Waals surface area contributed by atoms with Crippen molar-refractivity contribution < 1.29 is 19.0 Å². The molecule has 3 N–H and O–H groups in total.